The van der Waals surface area contributed by atoms with Gasteiger partial charge in [0, 0.05) is 6.20 Å². The molecule has 0 spiro atoms. The molecule has 0 bridgehead atoms. The minimum atomic E-state index is -0.273. The third-order valence-electron chi connectivity index (χ3n) is 1.75. The number of nitrogens with two attached hydrogens (primary N) is 1. The van der Waals surface area contributed by atoms with Gasteiger partial charge in [0.15, 0.2) is 0 Å². The Bertz CT molecular complexity index is 469. The van der Waals surface area contributed by atoms with Crippen molar-refractivity contribution < 1.29 is 4.79 Å². The summed E-state index contributed by atoms with van der Waals surface area (Å²) in [5, 5.41) is 3.36. The molecule has 2 heterocycles. The number of rotatable bonds is 2. The van der Waals surface area contributed by atoms with Gasteiger partial charge in [-0.2, -0.15) is 0 Å². The SMILES string of the molecule is Nc1ncccc1C(=O)Nc1cncs1. The van der Waals surface area contributed by atoms with E-state index in [2.05, 4.69) is 15.3 Å². The average Bonchev–Trinajstić information content (AvgIpc) is 2.71. The fraction of sp³-hybridized carbons (Fsp3) is 0. The Balaban J connectivity index is 2.19. The van der Waals surface area contributed by atoms with Gasteiger partial charge >= 0.3 is 0 Å². The maximum atomic E-state index is 11.7. The first-order valence-corrected chi connectivity index (χ1v) is 5.05. The van der Waals surface area contributed by atoms with Crippen molar-refractivity contribution in [2.24, 2.45) is 0 Å². The van der Waals surface area contributed by atoms with E-state index in [0.29, 0.717) is 10.6 Å². The van der Waals surface area contributed by atoms with Crippen LogP contribution in [-0.4, -0.2) is 15.9 Å². The predicted octanol–water partition coefficient (Wildman–Crippen LogP) is 1.37. The van der Waals surface area contributed by atoms with Crippen LogP contribution in [0.4, 0.5) is 10.8 Å². The lowest BCUT2D eigenvalue weighted by Gasteiger charge is -2.03. The van der Waals surface area contributed by atoms with Crippen LogP contribution in [0.2, 0.25) is 0 Å². The largest absolute Gasteiger partial charge is 0.383 e. The van der Waals surface area contributed by atoms with Gasteiger partial charge in [-0.15, -0.1) is 11.3 Å². The highest BCUT2D eigenvalue weighted by molar-refractivity contribution is 7.14. The molecule has 0 radical (unpaired) electrons. The Kier molecular flexibility index (Phi) is 2.59. The molecule has 0 atom stereocenters. The molecule has 5 nitrogen and oxygen atoms in total. The molecule has 0 saturated heterocycles. The second-order valence-corrected chi connectivity index (χ2v) is 3.64. The third kappa shape index (κ3) is 2.10. The van der Waals surface area contributed by atoms with Gasteiger partial charge in [-0.3, -0.25) is 9.78 Å². The van der Waals surface area contributed by atoms with E-state index in [1.54, 1.807) is 30.0 Å². The molecule has 2 rings (SSSR count). The van der Waals surface area contributed by atoms with Gasteiger partial charge in [-0.25, -0.2) is 4.98 Å². The number of hydrogen-bond donors (Lipinski definition) is 2. The quantitative estimate of drug-likeness (QED) is 0.801. The molecule has 1 amide bonds. The van der Waals surface area contributed by atoms with E-state index >= 15 is 0 Å². The molecule has 0 saturated carbocycles. The second-order valence-electron chi connectivity index (χ2n) is 2.76. The molecule has 0 aromatic carbocycles. The molecule has 2 aromatic heterocycles. The van der Waals surface area contributed by atoms with Gasteiger partial charge in [-0.05, 0) is 12.1 Å². The Hall–Kier alpha value is -1.95. The van der Waals surface area contributed by atoms with Crippen LogP contribution < -0.4 is 11.1 Å². The van der Waals surface area contributed by atoms with E-state index in [1.165, 1.54) is 11.3 Å². The Morgan fingerprint density at radius 3 is 3.07 bits per heavy atom. The number of pyridine rings is 1. The summed E-state index contributed by atoms with van der Waals surface area (Å²) in [7, 11) is 0. The first-order chi connectivity index (χ1) is 7.27. The van der Waals surface area contributed by atoms with Crippen LogP contribution in [-0.2, 0) is 0 Å². The Morgan fingerprint density at radius 2 is 2.40 bits per heavy atom. The van der Waals surface area contributed by atoms with Crippen molar-refractivity contribution in [3.05, 3.63) is 35.6 Å². The van der Waals surface area contributed by atoms with Crippen LogP contribution in [0.1, 0.15) is 10.4 Å². The average molecular weight is 220 g/mol. The number of anilines is 2. The van der Waals surface area contributed by atoms with Gasteiger partial charge in [0.2, 0.25) is 0 Å². The Morgan fingerprint density at radius 1 is 1.53 bits per heavy atom. The summed E-state index contributed by atoms with van der Waals surface area (Å²) in [5.41, 5.74) is 7.57. The molecule has 2 aromatic rings. The lowest BCUT2D eigenvalue weighted by molar-refractivity contribution is 0.102. The summed E-state index contributed by atoms with van der Waals surface area (Å²) in [6.07, 6.45) is 3.12. The van der Waals surface area contributed by atoms with Crippen molar-refractivity contribution in [2.75, 3.05) is 11.1 Å². The second kappa shape index (κ2) is 4.05. The van der Waals surface area contributed by atoms with Crippen LogP contribution in [0.15, 0.2) is 30.0 Å². The zero-order valence-corrected chi connectivity index (χ0v) is 8.49. The van der Waals surface area contributed by atoms with E-state index in [4.69, 9.17) is 5.73 Å². The molecule has 0 aliphatic carbocycles. The van der Waals surface area contributed by atoms with E-state index in [-0.39, 0.29) is 11.7 Å². The Labute approximate surface area is 90.0 Å². The van der Waals surface area contributed by atoms with Gasteiger partial charge < -0.3 is 11.1 Å². The van der Waals surface area contributed by atoms with Crippen molar-refractivity contribution in [1.82, 2.24) is 9.97 Å². The van der Waals surface area contributed by atoms with Crippen LogP contribution in [0.25, 0.3) is 0 Å². The molecule has 0 aliphatic rings. The highest BCUT2D eigenvalue weighted by Crippen LogP contribution is 2.15. The number of amides is 1. The molecule has 0 unspecified atom stereocenters. The lowest BCUT2D eigenvalue weighted by Crippen LogP contribution is -2.13. The zero-order valence-electron chi connectivity index (χ0n) is 7.68. The first-order valence-electron chi connectivity index (χ1n) is 4.17. The molecule has 76 valence electrons. The summed E-state index contributed by atoms with van der Waals surface area (Å²) in [5.74, 6) is -0.0515. The zero-order chi connectivity index (χ0) is 10.7. The minimum absolute atomic E-state index is 0.222. The lowest BCUT2D eigenvalue weighted by atomic mass is 10.2. The number of carbonyl (C=O) groups excluding carboxylic acids is 1. The smallest absolute Gasteiger partial charge is 0.260 e. The van der Waals surface area contributed by atoms with Crippen LogP contribution in [0.5, 0.6) is 0 Å². The number of carbonyl (C=O) groups is 1. The number of aromatic nitrogens is 2. The summed E-state index contributed by atoms with van der Waals surface area (Å²) in [6, 6.07) is 3.29. The first kappa shape index (κ1) is 9.60. The summed E-state index contributed by atoms with van der Waals surface area (Å²) in [4.78, 5) is 19.4. The number of nitrogens with zero attached hydrogens (tertiary/aromatic N) is 2. The normalized spacial score (nSPS) is 9.87. The fourth-order valence-corrected chi connectivity index (χ4v) is 1.57. The van der Waals surface area contributed by atoms with Crippen molar-refractivity contribution in [2.45, 2.75) is 0 Å². The maximum Gasteiger partial charge on any atom is 0.260 e. The summed E-state index contributed by atoms with van der Waals surface area (Å²) >= 11 is 1.35. The standard InChI is InChI=1S/C9H8N4OS/c10-8-6(2-1-3-12-8)9(14)13-7-4-11-5-15-7/h1-5H,(H2,10,12)(H,13,14). The van der Waals surface area contributed by atoms with Crippen molar-refractivity contribution in [1.29, 1.82) is 0 Å². The van der Waals surface area contributed by atoms with E-state index < -0.39 is 0 Å². The molecular formula is C9H8N4OS. The number of thiazole rings is 1. The van der Waals surface area contributed by atoms with Crippen molar-refractivity contribution in [3.8, 4) is 0 Å². The highest BCUT2D eigenvalue weighted by atomic mass is 32.1. The van der Waals surface area contributed by atoms with Gasteiger partial charge in [-0.1, -0.05) is 0 Å². The highest BCUT2D eigenvalue weighted by Gasteiger charge is 2.10. The molecule has 15 heavy (non-hydrogen) atoms. The van der Waals surface area contributed by atoms with Crippen LogP contribution >= 0.6 is 11.3 Å². The predicted molar refractivity (Wildman–Crippen MR) is 58.7 cm³/mol. The number of nitrogens with one attached hydrogen (secondary N) is 1. The molecule has 3 N–H and O–H groups in total. The van der Waals surface area contributed by atoms with Crippen molar-refractivity contribution in [3.63, 3.8) is 0 Å². The molecule has 0 fully saturated rings. The topological polar surface area (TPSA) is 80.9 Å². The van der Waals surface area contributed by atoms with E-state index in [1.807, 2.05) is 0 Å². The number of hydrogen-bond acceptors (Lipinski definition) is 5. The third-order valence-corrected chi connectivity index (χ3v) is 2.44. The molecule has 6 heteroatoms. The summed E-state index contributed by atoms with van der Waals surface area (Å²) in [6.45, 7) is 0. The molecule has 0 aliphatic heterocycles. The van der Waals surface area contributed by atoms with Crippen molar-refractivity contribution >= 4 is 28.1 Å². The monoisotopic (exact) mass is 220 g/mol. The van der Waals surface area contributed by atoms with Gasteiger partial charge in [0.25, 0.3) is 5.91 Å². The fourth-order valence-electron chi connectivity index (χ4n) is 1.07. The number of nitrogen functional groups attached to an aromatic ring is 1. The van der Waals surface area contributed by atoms with Crippen LogP contribution in [0, 0.1) is 0 Å². The van der Waals surface area contributed by atoms with E-state index in [9.17, 15) is 4.79 Å². The summed E-state index contributed by atoms with van der Waals surface area (Å²) < 4.78 is 0. The molecular weight excluding hydrogens is 212 g/mol. The van der Waals surface area contributed by atoms with Gasteiger partial charge in [0.05, 0.1) is 17.3 Å². The van der Waals surface area contributed by atoms with Gasteiger partial charge in [0.1, 0.15) is 10.8 Å². The minimum Gasteiger partial charge on any atom is -0.383 e. The van der Waals surface area contributed by atoms with Crippen LogP contribution in [0.3, 0.4) is 0 Å². The maximum absolute atomic E-state index is 11.7. The van der Waals surface area contributed by atoms with E-state index in [0.717, 1.165) is 0 Å².